The zero-order valence-corrected chi connectivity index (χ0v) is 13.1. The zero-order valence-electron chi connectivity index (χ0n) is 11.5. The number of sulfonamides is 1. The molecule has 2 aromatic carbocycles. The van der Waals surface area contributed by atoms with Crippen molar-refractivity contribution in [1.82, 2.24) is 9.82 Å². The lowest BCUT2D eigenvalue weighted by molar-refractivity contribution is 0.553. The molecule has 23 heavy (non-hydrogen) atoms. The third-order valence-corrected chi connectivity index (χ3v) is 4.39. The topological polar surface area (TPSA) is 105 Å². The van der Waals surface area contributed by atoms with Crippen molar-refractivity contribution in [2.75, 3.05) is 0 Å². The first-order chi connectivity index (χ1) is 10.9. The number of oxazole rings is 1. The number of H-pyrrole nitrogens is 1. The Bertz CT molecular complexity index is 1050. The van der Waals surface area contributed by atoms with Crippen molar-refractivity contribution in [3.8, 4) is 0 Å². The number of hydrazone groups is 1. The van der Waals surface area contributed by atoms with Crippen LogP contribution in [-0.4, -0.2) is 19.6 Å². The van der Waals surface area contributed by atoms with E-state index in [-0.39, 0.29) is 10.5 Å². The standard InChI is InChI=1S/C14H10ClN3O4S/c15-10-3-1-2-9(6-10)8-16-18-23(20,21)11-4-5-12-13(7-11)22-14(19)17-12/h1-8,18H,(H,17,19)/b16-8+. The Kier molecular flexibility index (Phi) is 3.93. The molecular weight excluding hydrogens is 342 g/mol. The normalized spacial score (nSPS) is 12.0. The number of nitrogens with one attached hydrogen (secondary N) is 2. The molecule has 0 radical (unpaired) electrons. The van der Waals surface area contributed by atoms with Gasteiger partial charge in [0, 0.05) is 11.1 Å². The molecule has 0 fully saturated rings. The lowest BCUT2D eigenvalue weighted by atomic mass is 10.2. The number of hydrogen-bond acceptors (Lipinski definition) is 5. The van der Waals surface area contributed by atoms with Gasteiger partial charge in [0.1, 0.15) is 0 Å². The minimum atomic E-state index is -3.88. The molecule has 1 heterocycles. The fraction of sp³-hybridized carbons (Fsp3) is 0. The molecule has 0 aliphatic rings. The molecule has 2 N–H and O–H groups in total. The molecule has 0 unspecified atom stereocenters. The summed E-state index contributed by atoms with van der Waals surface area (Å²) in [6, 6.07) is 10.8. The van der Waals surface area contributed by atoms with Crippen LogP contribution in [0.15, 0.2) is 61.7 Å². The van der Waals surface area contributed by atoms with E-state index in [1.54, 1.807) is 24.3 Å². The lowest BCUT2D eigenvalue weighted by Gasteiger charge is -2.02. The number of rotatable bonds is 4. The van der Waals surface area contributed by atoms with E-state index in [1.807, 2.05) is 0 Å². The summed E-state index contributed by atoms with van der Waals surface area (Å²) >= 11 is 5.83. The second-order valence-electron chi connectivity index (χ2n) is 4.58. The molecule has 0 bridgehead atoms. The average molecular weight is 352 g/mol. The van der Waals surface area contributed by atoms with Crippen molar-refractivity contribution in [1.29, 1.82) is 0 Å². The molecule has 3 aromatic rings. The van der Waals surface area contributed by atoms with Crippen molar-refractivity contribution < 1.29 is 12.8 Å². The highest BCUT2D eigenvalue weighted by molar-refractivity contribution is 7.89. The van der Waals surface area contributed by atoms with Crippen molar-refractivity contribution in [2.45, 2.75) is 4.90 Å². The number of nitrogens with zero attached hydrogens (tertiary/aromatic N) is 1. The van der Waals surface area contributed by atoms with Gasteiger partial charge in [-0.25, -0.2) is 9.63 Å². The Morgan fingerprint density at radius 2 is 2.04 bits per heavy atom. The number of benzene rings is 2. The third-order valence-electron chi connectivity index (χ3n) is 2.94. The van der Waals surface area contributed by atoms with Crippen LogP contribution in [0.3, 0.4) is 0 Å². The van der Waals surface area contributed by atoms with Crippen LogP contribution in [0.25, 0.3) is 11.1 Å². The molecule has 0 saturated carbocycles. The van der Waals surface area contributed by atoms with Gasteiger partial charge in [0.25, 0.3) is 10.0 Å². The van der Waals surface area contributed by atoms with Gasteiger partial charge in [-0.05, 0) is 29.8 Å². The van der Waals surface area contributed by atoms with Crippen molar-refractivity contribution in [3.05, 3.63) is 63.6 Å². The summed E-state index contributed by atoms with van der Waals surface area (Å²) < 4.78 is 29.2. The molecule has 118 valence electrons. The van der Waals surface area contributed by atoms with Crippen LogP contribution in [0.5, 0.6) is 0 Å². The third kappa shape index (κ3) is 3.43. The number of aromatic nitrogens is 1. The first kappa shape index (κ1) is 15.3. The predicted octanol–water partition coefficient (Wildman–Crippen LogP) is 2.09. The second-order valence-corrected chi connectivity index (χ2v) is 6.68. The average Bonchev–Trinajstić information content (AvgIpc) is 2.86. The van der Waals surface area contributed by atoms with Crippen LogP contribution in [0, 0.1) is 0 Å². The fourth-order valence-electron chi connectivity index (χ4n) is 1.90. The molecule has 0 spiro atoms. The Morgan fingerprint density at radius 3 is 2.83 bits per heavy atom. The van der Waals surface area contributed by atoms with Gasteiger partial charge < -0.3 is 4.42 Å². The summed E-state index contributed by atoms with van der Waals surface area (Å²) in [5, 5.41) is 4.21. The molecule has 9 heteroatoms. The molecule has 0 amide bonds. The summed E-state index contributed by atoms with van der Waals surface area (Å²) in [6.07, 6.45) is 1.33. The lowest BCUT2D eigenvalue weighted by Crippen LogP contribution is -2.18. The van der Waals surface area contributed by atoms with E-state index in [0.717, 1.165) is 0 Å². The fourth-order valence-corrected chi connectivity index (χ4v) is 2.91. The van der Waals surface area contributed by atoms with Gasteiger partial charge in [0.15, 0.2) is 5.58 Å². The van der Waals surface area contributed by atoms with Gasteiger partial charge in [-0.15, -0.1) is 0 Å². The van der Waals surface area contributed by atoms with E-state index in [0.29, 0.717) is 16.1 Å². The molecule has 0 aliphatic heterocycles. The van der Waals surface area contributed by atoms with Gasteiger partial charge in [-0.2, -0.15) is 13.5 Å². The van der Waals surface area contributed by atoms with E-state index < -0.39 is 15.8 Å². The summed E-state index contributed by atoms with van der Waals surface area (Å²) in [6.45, 7) is 0. The minimum Gasteiger partial charge on any atom is -0.408 e. The molecule has 0 aliphatic carbocycles. The Hall–Kier alpha value is -2.58. The van der Waals surface area contributed by atoms with Crippen LogP contribution in [0.2, 0.25) is 5.02 Å². The van der Waals surface area contributed by atoms with Crippen molar-refractivity contribution >= 4 is 38.9 Å². The highest BCUT2D eigenvalue weighted by Gasteiger charge is 2.14. The number of fused-ring (bicyclic) bond motifs is 1. The van der Waals surface area contributed by atoms with Crippen molar-refractivity contribution in [3.63, 3.8) is 0 Å². The highest BCUT2D eigenvalue weighted by atomic mass is 35.5. The van der Waals surface area contributed by atoms with Crippen LogP contribution in [0.1, 0.15) is 5.56 Å². The summed E-state index contributed by atoms with van der Waals surface area (Å²) in [5.41, 5.74) is 1.21. The maximum Gasteiger partial charge on any atom is 0.417 e. The summed E-state index contributed by atoms with van der Waals surface area (Å²) in [7, 11) is -3.88. The van der Waals surface area contributed by atoms with Gasteiger partial charge in [-0.1, -0.05) is 23.7 Å². The second kappa shape index (κ2) is 5.90. The molecule has 0 atom stereocenters. The van der Waals surface area contributed by atoms with Gasteiger partial charge in [0.2, 0.25) is 0 Å². The Labute approximate surface area is 135 Å². The van der Waals surface area contributed by atoms with Crippen LogP contribution < -0.4 is 10.6 Å². The number of aromatic amines is 1. The van der Waals surface area contributed by atoms with Gasteiger partial charge in [0.05, 0.1) is 16.6 Å². The monoisotopic (exact) mass is 351 g/mol. The SMILES string of the molecule is O=c1[nH]c2ccc(S(=O)(=O)N/N=C/c3cccc(Cl)c3)cc2o1. The maximum atomic E-state index is 12.2. The quantitative estimate of drug-likeness (QED) is 0.554. The maximum absolute atomic E-state index is 12.2. The van der Waals surface area contributed by atoms with E-state index >= 15 is 0 Å². The van der Waals surface area contributed by atoms with Gasteiger partial charge in [-0.3, -0.25) is 4.98 Å². The van der Waals surface area contributed by atoms with Crippen molar-refractivity contribution in [2.24, 2.45) is 5.10 Å². The Morgan fingerprint density at radius 1 is 1.22 bits per heavy atom. The summed E-state index contributed by atoms with van der Waals surface area (Å²) in [4.78, 5) is 15.5. The smallest absolute Gasteiger partial charge is 0.408 e. The molecule has 0 saturated heterocycles. The van der Waals surface area contributed by atoms with Crippen LogP contribution in [-0.2, 0) is 10.0 Å². The predicted molar refractivity (Wildman–Crippen MR) is 86.2 cm³/mol. The number of halogens is 1. The van der Waals surface area contributed by atoms with Crippen LogP contribution in [0.4, 0.5) is 0 Å². The molecule has 7 nitrogen and oxygen atoms in total. The van der Waals surface area contributed by atoms with Gasteiger partial charge >= 0.3 is 5.76 Å². The molecular formula is C14H10ClN3O4S. The first-order valence-corrected chi connectivity index (χ1v) is 8.23. The van der Waals surface area contributed by atoms with E-state index in [1.165, 1.54) is 24.4 Å². The highest BCUT2D eigenvalue weighted by Crippen LogP contribution is 2.16. The Balaban J connectivity index is 1.83. The van der Waals surface area contributed by atoms with E-state index in [4.69, 9.17) is 16.0 Å². The van der Waals surface area contributed by atoms with E-state index in [2.05, 4.69) is 14.9 Å². The minimum absolute atomic E-state index is 0.0732. The van der Waals surface area contributed by atoms with Crippen LogP contribution >= 0.6 is 11.6 Å². The number of hydrogen-bond donors (Lipinski definition) is 2. The van der Waals surface area contributed by atoms with E-state index in [9.17, 15) is 13.2 Å². The summed E-state index contributed by atoms with van der Waals surface area (Å²) in [5.74, 6) is -0.651. The zero-order chi connectivity index (χ0) is 16.4. The molecule has 1 aromatic heterocycles. The largest absolute Gasteiger partial charge is 0.417 e. The molecule has 3 rings (SSSR count). The first-order valence-electron chi connectivity index (χ1n) is 6.37.